The van der Waals surface area contributed by atoms with Gasteiger partial charge in [-0.1, -0.05) is 28.1 Å². The van der Waals surface area contributed by atoms with E-state index in [-0.39, 0.29) is 18.3 Å². The molecule has 1 amide bonds. The van der Waals surface area contributed by atoms with Crippen molar-refractivity contribution < 1.29 is 28.3 Å². The Balaban J connectivity index is 1.48. The van der Waals surface area contributed by atoms with E-state index in [2.05, 4.69) is 20.7 Å². The normalized spacial score (nSPS) is 23.2. The summed E-state index contributed by atoms with van der Waals surface area (Å²) in [5, 5.41) is 0. The number of fused-ring (bicyclic) bond motifs is 1. The van der Waals surface area contributed by atoms with Gasteiger partial charge < -0.3 is 18.8 Å². The van der Waals surface area contributed by atoms with Gasteiger partial charge in [0.05, 0.1) is 7.11 Å². The Morgan fingerprint density at radius 2 is 2.03 bits per heavy atom. The van der Waals surface area contributed by atoms with Gasteiger partial charge in [0.2, 0.25) is 11.7 Å². The molecule has 1 aromatic carbocycles. The molecule has 29 heavy (non-hydrogen) atoms. The fourth-order valence-corrected chi connectivity index (χ4v) is 5.63. The second kappa shape index (κ2) is 7.87. The lowest BCUT2D eigenvalue weighted by Gasteiger charge is -2.33. The Labute approximate surface area is 179 Å². The van der Waals surface area contributed by atoms with E-state index in [0.717, 1.165) is 10.0 Å². The average Bonchev–Trinajstić information content (AvgIpc) is 3.42. The van der Waals surface area contributed by atoms with Gasteiger partial charge in [-0.05, 0) is 36.2 Å². The van der Waals surface area contributed by atoms with Gasteiger partial charge in [0.1, 0.15) is 23.3 Å². The van der Waals surface area contributed by atoms with E-state index in [1.807, 2.05) is 24.3 Å². The van der Waals surface area contributed by atoms with Gasteiger partial charge in [-0.2, -0.15) is 0 Å². The van der Waals surface area contributed by atoms with E-state index in [4.69, 9.17) is 9.15 Å². The molecule has 0 bridgehead atoms. The monoisotopic (exact) mass is 479 g/mol. The van der Waals surface area contributed by atoms with Crippen molar-refractivity contribution in [3.05, 3.63) is 58.0 Å². The lowest BCUT2D eigenvalue weighted by Crippen LogP contribution is -2.46. The molecule has 2 atom stereocenters. The quantitative estimate of drug-likeness (QED) is 0.606. The highest BCUT2D eigenvalue weighted by molar-refractivity contribution is 9.10. The molecule has 2 aliphatic heterocycles. The number of esters is 2. The summed E-state index contributed by atoms with van der Waals surface area (Å²) in [6.45, 7) is -0.121. The number of amides is 1. The first-order valence-corrected chi connectivity index (χ1v) is 10.8. The molecule has 0 saturated carbocycles. The van der Waals surface area contributed by atoms with Gasteiger partial charge in [0.25, 0.3) is 0 Å². The van der Waals surface area contributed by atoms with Crippen molar-refractivity contribution in [3.8, 4) is 0 Å². The van der Waals surface area contributed by atoms with Crippen LogP contribution < -0.4 is 0 Å². The SMILES string of the molecule is COC(=O)c1ccc(COC(=O)C2CSC3(c4ccc(Br)cc4)CCC(=O)N23)o1. The van der Waals surface area contributed by atoms with E-state index in [1.54, 1.807) is 22.7 Å². The standard InChI is InChI=1S/C20H18BrNO6S/c1-26-19(25)16-7-6-14(28-16)10-27-18(24)15-11-29-20(9-8-17(23)22(15)20)12-2-4-13(21)5-3-12/h2-7,15H,8-11H2,1H3. The topological polar surface area (TPSA) is 86.0 Å². The zero-order valence-electron chi connectivity index (χ0n) is 15.6. The molecule has 2 saturated heterocycles. The maximum absolute atomic E-state index is 12.8. The van der Waals surface area contributed by atoms with E-state index >= 15 is 0 Å². The molecule has 1 aromatic heterocycles. The molecule has 2 aromatic rings. The number of furan rings is 1. The summed E-state index contributed by atoms with van der Waals surface area (Å²) in [5.74, 6) is -0.299. The first-order chi connectivity index (χ1) is 13.9. The largest absolute Gasteiger partial charge is 0.463 e. The molecular formula is C20H18BrNO6S. The van der Waals surface area contributed by atoms with E-state index < -0.39 is 22.9 Å². The van der Waals surface area contributed by atoms with Crippen molar-refractivity contribution in [1.29, 1.82) is 0 Å². The van der Waals surface area contributed by atoms with E-state index in [0.29, 0.717) is 24.4 Å². The van der Waals surface area contributed by atoms with Crippen molar-refractivity contribution in [3.63, 3.8) is 0 Å². The minimum Gasteiger partial charge on any atom is -0.463 e. The van der Waals surface area contributed by atoms with Gasteiger partial charge in [0, 0.05) is 16.6 Å². The number of nitrogens with zero attached hydrogens (tertiary/aromatic N) is 1. The van der Waals surface area contributed by atoms with Crippen LogP contribution in [0.5, 0.6) is 0 Å². The van der Waals surface area contributed by atoms with Crippen LogP contribution in [0, 0.1) is 0 Å². The third-order valence-electron chi connectivity index (χ3n) is 5.10. The summed E-state index contributed by atoms with van der Waals surface area (Å²) in [7, 11) is 1.26. The summed E-state index contributed by atoms with van der Waals surface area (Å²) in [6, 6.07) is 10.2. The molecular weight excluding hydrogens is 462 g/mol. The maximum Gasteiger partial charge on any atom is 0.373 e. The van der Waals surface area contributed by atoms with Crippen LogP contribution in [0.3, 0.4) is 0 Å². The van der Waals surface area contributed by atoms with Crippen LogP contribution in [-0.2, 0) is 30.5 Å². The molecule has 7 nitrogen and oxygen atoms in total. The molecule has 152 valence electrons. The number of hydrogen-bond donors (Lipinski definition) is 0. The van der Waals surface area contributed by atoms with Crippen LogP contribution in [-0.4, -0.2) is 41.7 Å². The average molecular weight is 480 g/mol. The number of carbonyl (C=O) groups excluding carboxylic acids is 3. The molecule has 0 spiro atoms. The van der Waals surface area contributed by atoms with Gasteiger partial charge in [-0.25, -0.2) is 9.59 Å². The Morgan fingerprint density at radius 3 is 2.76 bits per heavy atom. The number of methoxy groups -OCH3 is 1. The smallest absolute Gasteiger partial charge is 0.373 e. The predicted molar refractivity (Wildman–Crippen MR) is 108 cm³/mol. The third-order valence-corrected chi connectivity index (χ3v) is 7.22. The van der Waals surface area contributed by atoms with Crippen LogP contribution in [0.1, 0.15) is 34.7 Å². The maximum atomic E-state index is 12.8. The second-order valence-electron chi connectivity index (χ2n) is 6.75. The van der Waals surface area contributed by atoms with Crippen LogP contribution in [0.2, 0.25) is 0 Å². The van der Waals surface area contributed by atoms with Crippen molar-refractivity contribution in [2.45, 2.75) is 30.4 Å². The highest BCUT2D eigenvalue weighted by Gasteiger charge is 2.57. The van der Waals surface area contributed by atoms with Crippen LogP contribution in [0.25, 0.3) is 0 Å². The predicted octanol–water partition coefficient (Wildman–Crippen LogP) is 3.46. The van der Waals surface area contributed by atoms with Crippen molar-refractivity contribution in [1.82, 2.24) is 4.90 Å². The number of carbonyl (C=O) groups is 3. The number of hydrogen-bond acceptors (Lipinski definition) is 7. The Bertz CT molecular complexity index is 958. The molecule has 2 unspecified atom stereocenters. The lowest BCUT2D eigenvalue weighted by molar-refractivity contribution is -0.155. The summed E-state index contributed by atoms with van der Waals surface area (Å²) in [6.07, 6.45) is 1.05. The van der Waals surface area contributed by atoms with E-state index in [9.17, 15) is 14.4 Å². The summed E-state index contributed by atoms with van der Waals surface area (Å²) >= 11 is 5.03. The van der Waals surface area contributed by atoms with E-state index in [1.165, 1.54) is 13.2 Å². The highest BCUT2D eigenvalue weighted by Crippen LogP contribution is 2.54. The zero-order valence-corrected chi connectivity index (χ0v) is 18.0. The fraction of sp³-hybridized carbons (Fsp3) is 0.350. The van der Waals surface area contributed by atoms with Gasteiger partial charge in [-0.15, -0.1) is 11.8 Å². The first-order valence-electron chi connectivity index (χ1n) is 9.00. The molecule has 9 heteroatoms. The van der Waals surface area contributed by atoms with Crippen LogP contribution >= 0.6 is 27.7 Å². The highest BCUT2D eigenvalue weighted by atomic mass is 79.9. The zero-order chi connectivity index (χ0) is 20.6. The van der Waals surface area contributed by atoms with Crippen LogP contribution in [0.4, 0.5) is 0 Å². The third kappa shape index (κ3) is 3.57. The molecule has 0 N–H and O–H groups in total. The Hall–Kier alpha value is -2.26. The minimum atomic E-state index is -0.659. The lowest BCUT2D eigenvalue weighted by atomic mass is 10.0. The van der Waals surface area contributed by atoms with Crippen molar-refractivity contribution in [2.75, 3.05) is 12.9 Å². The first kappa shape index (κ1) is 20.0. The van der Waals surface area contributed by atoms with Crippen LogP contribution in [0.15, 0.2) is 45.3 Å². The summed E-state index contributed by atoms with van der Waals surface area (Å²) in [4.78, 5) is 38.0. The second-order valence-corrected chi connectivity index (χ2v) is 8.96. The molecule has 3 heterocycles. The van der Waals surface area contributed by atoms with Gasteiger partial charge in [0.15, 0.2) is 0 Å². The van der Waals surface area contributed by atoms with Crippen molar-refractivity contribution >= 4 is 45.5 Å². The van der Waals surface area contributed by atoms with Crippen molar-refractivity contribution in [2.24, 2.45) is 0 Å². The Kier molecular flexibility index (Phi) is 5.44. The number of benzene rings is 1. The molecule has 4 rings (SSSR count). The molecule has 0 radical (unpaired) electrons. The number of rotatable bonds is 5. The number of thioether (sulfide) groups is 1. The molecule has 2 aliphatic rings. The van der Waals surface area contributed by atoms with Gasteiger partial charge >= 0.3 is 11.9 Å². The number of ether oxygens (including phenoxy) is 2. The van der Waals surface area contributed by atoms with Gasteiger partial charge in [-0.3, -0.25) is 4.79 Å². The summed E-state index contributed by atoms with van der Waals surface area (Å²) < 4.78 is 16.3. The molecule has 2 fully saturated rings. The molecule has 0 aliphatic carbocycles. The number of halogens is 1. The Morgan fingerprint density at radius 1 is 1.28 bits per heavy atom. The fourth-order valence-electron chi connectivity index (χ4n) is 3.73. The summed E-state index contributed by atoms with van der Waals surface area (Å²) in [5.41, 5.74) is 1.00. The minimum absolute atomic E-state index is 0.0407.